The van der Waals surface area contributed by atoms with E-state index in [4.69, 9.17) is 0 Å². The molecule has 1 aromatic heterocycles. The molecule has 1 aliphatic rings. The molecular formula is C23H32N4O4S. The molecule has 0 atom stereocenters. The number of carbonyl (C=O) groups excluding carboxylic acids is 2. The van der Waals surface area contributed by atoms with E-state index in [9.17, 15) is 18.0 Å². The Hall–Kier alpha value is -2.65. The Morgan fingerprint density at radius 1 is 0.969 bits per heavy atom. The van der Waals surface area contributed by atoms with Crippen molar-refractivity contribution in [3.05, 3.63) is 46.3 Å². The summed E-state index contributed by atoms with van der Waals surface area (Å²) in [7, 11) is -3.98. The lowest BCUT2D eigenvalue weighted by atomic mass is 10.1. The first-order valence-electron chi connectivity index (χ1n) is 10.9. The van der Waals surface area contributed by atoms with E-state index in [0.717, 1.165) is 30.4 Å². The van der Waals surface area contributed by atoms with Crippen LogP contribution in [0.2, 0.25) is 0 Å². The van der Waals surface area contributed by atoms with Crippen molar-refractivity contribution < 1.29 is 18.0 Å². The summed E-state index contributed by atoms with van der Waals surface area (Å²) in [6.07, 6.45) is 2.89. The summed E-state index contributed by atoms with van der Waals surface area (Å²) in [5.74, 6) is -0.552. The predicted molar refractivity (Wildman–Crippen MR) is 124 cm³/mol. The molecule has 9 heteroatoms. The molecule has 0 radical (unpaired) electrons. The van der Waals surface area contributed by atoms with Crippen LogP contribution in [0.4, 0.5) is 5.69 Å². The van der Waals surface area contributed by atoms with Gasteiger partial charge in [0.05, 0.1) is 5.56 Å². The van der Waals surface area contributed by atoms with E-state index in [1.807, 2.05) is 32.0 Å². The third kappa shape index (κ3) is 5.58. The Morgan fingerprint density at radius 3 is 2.22 bits per heavy atom. The summed E-state index contributed by atoms with van der Waals surface area (Å²) >= 11 is 0. The van der Waals surface area contributed by atoms with Crippen molar-refractivity contribution in [3.8, 4) is 0 Å². The lowest BCUT2D eigenvalue weighted by Crippen LogP contribution is -2.37. The molecule has 32 heavy (non-hydrogen) atoms. The van der Waals surface area contributed by atoms with Crippen LogP contribution in [0.25, 0.3) is 0 Å². The Balaban J connectivity index is 1.68. The van der Waals surface area contributed by atoms with Gasteiger partial charge in [-0.15, -0.1) is 0 Å². The third-order valence-corrected chi connectivity index (χ3v) is 7.23. The van der Waals surface area contributed by atoms with Crippen molar-refractivity contribution in [1.29, 1.82) is 0 Å². The smallest absolute Gasteiger partial charge is 0.257 e. The second-order valence-electron chi connectivity index (χ2n) is 8.50. The van der Waals surface area contributed by atoms with Crippen LogP contribution in [0.5, 0.6) is 0 Å². The summed E-state index contributed by atoms with van der Waals surface area (Å²) in [6.45, 7) is 8.44. The number of likely N-dealkylation sites (tertiary alicyclic amines) is 1. The minimum absolute atomic E-state index is 0.0237. The number of aromatic amines is 1. The summed E-state index contributed by atoms with van der Waals surface area (Å²) < 4.78 is 28.6. The summed E-state index contributed by atoms with van der Waals surface area (Å²) in [6, 6.07) is 5.73. The third-order valence-electron chi connectivity index (χ3n) is 5.59. The van der Waals surface area contributed by atoms with Gasteiger partial charge >= 0.3 is 0 Å². The molecule has 1 saturated heterocycles. The lowest BCUT2D eigenvalue weighted by molar-refractivity contribution is -0.116. The zero-order valence-corrected chi connectivity index (χ0v) is 20.0. The number of hydrogen-bond acceptors (Lipinski definition) is 4. The van der Waals surface area contributed by atoms with Crippen LogP contribution in [0.3, 0.4) is 0 Å². The van der Waals surface area contributed by atoms with Gasteiger partial charge in [-0.2, -0.15) is 0 Å². The van der Waals surface area contributed by atoms with Crippen molar-refractivity contribution in [2.24, 2.45) is 0 Å². The van der Waals surface area contributed by atoms with E-state index < -0.39 is 10.0 Å². The fourth-order valence-corrected chi connectivity index (χ4v) is 5.73. The van der Waals surface area contributed by atoms with Crippen LogP contribution in [-0.4, -0.2) is 49.8 Å². The van der Waals surface area contributed by atoms with Gasteiger partial charge in [-0.1, -0.05) is 6.07 Å². The number of benzene rings is 1. The van der Waals surface area contributed by atoms with Crippen molar-refractivity contribution in [2.75, 3.05) is 25.0 Å². The molecule has 2 amide bonds. The van der Waals surface area contributed by atoms with Gasteiger partial charge in [0, 0.05) is 43.1 Å². The predicted octanol–water partition coefficient (Wildman–Crippen LogP) is 3.18. The Morgan fingerprint density at radius 2 is 1.59 bits per heavy atom. The Kier molecular flexibility index (Phi) is 7.40. The van der Waals surface area contributed by atoms with E-state index in [1.165, 1.54) is 0 Å². The standard InChI is InChI=1S/C23H32N4O4S/c1-15-12-16(2)14-19(13-15)26-20(28)8-9-24-32(30,31)22-18(4)25-17(3)21(22)23(29)27-10-6-5-7-11-27/h12-14,24-25H,5-11H2,1-4H3,(H,26,28). The highest BCUT2D eigenvalue weighted by Gasteiger charge is 2.31. The van der Waals surface area contributed by atoms with Crippen LogP contribution in [-0.2, 0) is 14.8 Å². The normalized spacial score (nSPS) is 14.4. The van der Waals surface area contributed by atoms with Crippen molar-refractivity contribution in [2.45, 2.75) is 58.3 Å². The number of aromatic nitrogens is 1. The van der Waals surface area contributed by atoms with Gasteiger partial charge in [0.15, 0.2) is 0 Å². The van der Waals surface area contributed by atoms with Gasteiger partial charge < -0.3 is 15.2 Å². The number of hydrogen-bond donors (Lipinski definition) is 3. The molecule has 3 N–H and O–H groups in total. The Labute approximate surface area is 189 Å². The highest BCUT2D eigenvalue weighted by molar-refractivity contribution is 7.89. The molecule has 0 saturated carbocycles. The van der Waals surface area contributed by atoms with Crippen LogP contribution < -0.4 is 10.0 Å². The van der Waals surface area contributed by atoms with Crippen molar-refractivity contribution in [3.63, 3.8) is 0 Å². The number of anilines is 1. The molecule has 3 rings (SSSR count). The van der Waals surface area contributed by atoms with Gasteiger partial charge in [0.25, 0.3) is 5.91 Å². The summed E-state index contributed by atoms with van der Waals surface area (Å²) in [4.78, 5) is 30.1. The number of aryl methyl sites for hydroxylation is 4. The van der Waals surface area contributed by atoms with Gasteiger partial charge in [-0.05, 0) is 70.2 Å². The molecule has 1 fully saturated rings. The molecule has 1 aliphatic heterocycles. The first kappa shape index (κ1) is 24.0. The van der Waals surface area contributed by atoms with Crippen LogP contribution in [0.15, 0.2) is 23.1 Å². The van der Waals surface area contributed by atoms with E-state index in [1.54, 1.807) is 18.7 Å². The first-order valence-corrected chi connectivity index (χ1v) is 12.4. The fourth-order valence-electron chi connectivity index (χ4n) is 4.25. The molecule has 1 aromatic carbocycles. The molecule has 0 spiro atoms. The maximum Gasteiger partial charge on any atom is 0.257 e. The van der Waals surface area contributed by atoms with Crippen molar-refractivity contribution >= 4 is 27.5 Å². The highest BCUT2D eigenvalue weighted by atomic mass is 32.2. The van der Waals surface area contributed by atoms with Crippen LogP contribution in [0.1, 0.15) is 58.6 Å². The minimum atomic E-state index is -3.98. The SMILES string of the molecule is Cc1cc(C)cc(NC(=O)CCNS(=O)(=O)c2c(C)[nH]c(C)c2C(=O)N2CCCCC2)c1. The number of nitrogens with zero attached hydrogens (tertiary/aromatic N) is 1. The van der Waals surface area contributed by atoms with E-state index in [0.29, 0.717) is 30.2 Å². The number of rotatable bonds is 7. The van der Waals surface area contributed by atoms with Gasteiger partial charge in [-0.25, -0.2) is 13.1 Å². The monoisotopic (exact) mass is 460 g/mol. The fraction of sp³-hybridized carbons (Fsp3) is 0.478. The highest BCUT2D eigenvalue weighted by Crippen LogP contribution is 2.26. The number of piperidine rings is 1. The quantitative estimate of drug-likeness (QED) is 0.589. The van der Waals surface area contributed by atoms with E-state index in [-0.39, 0.29) is 35.2 Å². The van der Waals surface area contributed by atoms with Gasteiger partial charge in [0.1, 0.15) is 4.90 Å². The zero-order valence-electron chi connectivity index (χ0n) is 19.2. The lowest BCUT2D eigenvalue weighted by Gasteiger charge is -2.27. The Bertz CT molecular complexity index is 1100. The summed E-state index contributed by atoms with van der Waals surface area (Å²) in [5, 5.41) is 2.80. The number of nitrogens with one attached hydrogen (secondary N) is 3. The van der Waals surface area contributed by atoms with E-state index in [2.05, 4.69) is 15.0 Å². The van der Waals surface area contributed by atoms with Crippen LogP contribution in [0, 0.1) is 27.7 Å². The number of amides is 2. The zero-order chi connectivity index (χ0) is 23.5. The second-order valence-corrected chi connectivity index (χ2v) is 10.2. The maximum absolute atomic E-state index is 13.1. The van der Waals surface area contributed by atoms with Gasteiger partial charge in [-0.3, -0.25) is 9.59 Å². The first-order chi connectivity index (χ1) is 15.1. The maximum atomic E-state index is 13.1. The molecule has 0 unspecified atom stereocenters. The van der Waals surface area contributed by atoms with E-state index >= 15 is 0 Å². The average molecular weight is 461 g/mol. The minimum Gasteiger partial charge on any atom is -0.361 e. The number of H-pyrrole nitrogens is 1. The largest absolute Gasteiger partial charge is 0.361 e. The molecule has 2 heterocycles. The van der Waals surface area contributed by atoms with Crippen LogP contribution >= 0.6 is 0 Å². The number of carbonyl (C=O) groups is 2. The number of sulfonamides is 1. The topological polar surface area (TPSA) is 111 Å². The molecule has 0 bridgehead atoms. The molecule has 8 nitrogen and oxygen atoms in total. The average Bonchev–Trinajstić information content (AvgIpc) is 3.01. The molecule has 2 aromatic rings. The van der Waals surface area contributed by atoms with Crippen molar-refractivity contribution in [1.82, 2.24) is 14.6 Å². The molecular weight excluding hydrogens is 428 g/mol. The molecule has 174 valence electrons. The second kappa shape index (κ2) is 9.87. The summed E-state index contributed by atoms with van der Waals surface area (Å²) in [5.41, 5.74) is 3.88. The van der Waals surface area contributed by atoms with Gasteiger partial charge in [0.2, 0.25) is 15.9 Å². The molecule has 0 aliphatic carbocycles.